The highest BCUT2D eigenvalue weighted by molar-refractivity contribution is 9.10. The molecule has 0 aliphatic heterocycles. The van der Waals surface area contributed by atoms with E-state index in [0.717, 1.165) is 33.7 Å². The summed E-state index contributed by atoms with van der Waals surface area (Å²) in [5.74, 6) is 0.828. The number of benzene rings is 1. The van der Waals surface area contributed by atoms with Crippen LogP contribution in [-0.4, -0.2) is 23.7 Å². The van der Waals surface area contributed by atoms with E-state index in [-0.39, 0.29) is 0 Å². The number of aromatic nitrogens is 2. The minimum Gasteiger partial charge on any atom is -0.496 e. The summed E-state index contributed by atoms with van der Waals surface area (Å²) in [6.45, 7) is 0.765. The largest absolute Gasteiger partial charge is 0.496 e. The molecule has 1 N–H and O–H groups in total. The van der Waals surface area contributed by atoms with Gasteiger partial charge in [-0.1, -0.05) is 15.9 Å². The van der Waals surface area contributed by atoms with Crippen LogP contribution in [0.15, 0.2) is 29.0 Å². The Morgan fingerprint density at radius 2 is 2.22 bits per heavy atom. The molecule has 96 valence electrons. The average molecular weight is 310 g/mol. The molecule has 2 aromatic rings. The van der Waals surface area contributed by atoms with Gasteiger partial charge in [0.1, 0.15) is 5.75 Å². The van der Waals surface area contributed by atoms with E-state index < -0.39 is 0 Å². The van der Waals surface area contributed by atoms with Crippen molar-refractivity contribution >= 4 is 15.9 Å². The molecule has 1 aromatic heterocycles. The minimum atomic E-state index is 0.765. The van der Waals surface area contributed by atoms with Crippen LogP contribution in [-0.2, 0) is 13.6 Å². The predicted molar refractivity (Wildman–Crippen MR) is 75.7 cm³/mol. The molecule has 0 fully saturated rings. The second-order valence-corrected chi connectivity index (χ2v) is 4.94. The van der Waals surface area contributed by atoms with Gasteiger partial charge in [0.15, 0.2) is 0 Å². The van der Waals surface area contributed by atoms with Crippen molar-refractivity contribution in [2.75, 3.05) is 14.2 Å². The second kappa shape index (κ2) is 5.54. The third-order valence-corrected chi connectivity index (χ3v) is 3.31. The van der Waals surface area contributed by atoms with Crippen molar-refractivity contribution in [3.63, 3.8) is 0 Å². The first kappa shape index (κ1) is 13.1. The molecule has 1 aromatic carbocycles. The topological polar surface area (TPSA) is 39.1 Å². The number of halogens is 1. The highest BCUT2D eigenvalue weighted by Gasteiger charge is 2.14. The molecule has 0 aliphatic rings. The molecule has 18 heavy (non-hydrogen) atoms. The highest BCUT2D eigenvalue weighted by atomic mass is 79.9. The van der Waals surface area contributed by atoms with Crippen molar-refractivity contribution in [3.8, 4) is 17.0 Å². The maximum Gasteiger partial charge on any atom is 0.128 e. The van der Waals surface area contributed by atoms with E-state index in [9.17, 15) is 0 Å². The van der Waals surface area contributed by atoms with Crippen LogP contribution in [0.25, 0.3) is 11.3 Å². The van der Waals surface area contributed by atoms with Gasteiger partial charge in [0.25, 0.3) is 0 Å². The number of methoxy groups -OCH3 is 1. The molecule has 5 heteroatoms. The maximum absolute atomic E-state index is 5.41. The molecule has 0 saturated heterocycles. The lowest BCUT2D eigenvalue weighted by Crippen LogP contribution is -2.10. The lowest BCUT2D eigenvalue weighted by Gasteiger charge is -2.10. The molecule has 0 atom stereocenters. The van der Waals surface area contributed by atoms with E-state index >= 15 is 0 Å². The van der Waals surface area contributed by atoms with Gasteiger partial charge in [-0.25, -0.2) is 4.98 Å². The lowest BCUT2D eigenvalue weighted by atomic mass is 10.1. The van der Waals surface area contributed by atoms with Crippen molar-refractivity contribution in [3.05, 3.63) is 34.7 Å². The van der Waals surface area contributed by atoms with Crippen molar-refractivity contribution in [2.24, 2.45) is 7.05 Å². The first-order valence-electron chi connectivity index (χ1n) is 5.66. The van der Waals surface area contributed by atoms with Crippen LogP contribution in [0.1, 0.15) is 5.69 Å². The number of imidazole rings is 1. The number of aryl methyl sites for hydroxylation is 1. The van der Waals surface area contributed by atoms with Crippen LogP contribution in [0, 0.1) is 0 Å². The molecule has 0 spiro atoms. The van der Waals surface area contributed by atoms with Crippen molar-refractivity contribution in [2.45, 2.75) is 6.54 Å². The molecule has 1 heterocycles. The van der Waals surface area contributed by atoms with Crippen LogP contribution >= 0.6 is 15.9 Å². The van der Waals surface area contributed by atoms with Gasteiger partial charge in [-0.3, -0.25) is 0 Å². The molecule has 0 aliphatic carbocycles. The molecule has 4 nitrogen and oxygen atoms in total. The van der Waals surface area contributed by atoms with Gasteiger partial charge in [0.05, 0.1) is 24.8 Å². The third kappa shape index (κ3) is 2.42. The van der Waals surface area contributed by atoms with Crippen molar-refractivity contribution in [1.82, 2.24) is 14.9 Å². The van der Waals surface area contributed by atoms with E-state index in [1.54, 1.807) is 7.11 Å². The number of nitrogens with one attached hydrogen (secondary N) is 1. The summed E-state index contributed by atoms with van der Waals surface area (Å²) < 4.78 is 8.44. The molecule has 0 radical (unpaired) electrons. The van der Waals surface area contributed by atoms with E-state index in [0.29, 0.717) is 0 Å². The monoisotopic (exact) mass is 309 g/mol. The number of rotatable bonds is 4. The van der Waals surface area contributed by atoms with E-state index in [1.807, 2.05) is 43.2 Å². The highest BCUT2D eigenvalue weighted by Crippen LogP contribution is 2.33. The van der Waals surface area contributed by atoms with Gasteiger partial charge >= 0.3 is 0 Å². The fourth-order valence-corrected chi connectivity index (χ4v) is 2.28. The summed E-state index contributed by atoms with van der Waals surface area (Å²) in [6, 6.07) is 5.93. The van der Waals surface area contributed by atoms with Crippen LogP contribution in [0.2, 0.25) is 0 Å². The Kier molecular flexibility index (Phi) is 4.04. The van der Waals surface area contributed by atoms with Crippen LogP contribution in [0.5, 0.6) is 5.75 Å². The van der Waals surface area contributed by atoms with Gasteiger partial charge < -0.3 is 14.6 Å². The molecule has 2 rings (SSSR count). The number of ether oxygens (including phenoxy) is 1. The van der Waals surface area contributed by atoms with E-state index in [4.69, 9.17) is 4.74 Å². The van der Waals surface area contributed by atoms with Gasteiger partial charge in [0.2, 0.25) is 0 Å². The standard InChI is InChI=1S/C13H16BrN3O/c1-15-7-11-13(16-8-17(11)2)10-6-9(14)4-5-12(10)18-3/h4-6,8,15H,7H2,1-3H3. The fraction of sp³-hybridized carbons (Fsp3) is 0.308. The van der Waals surface area contributed by atoms with Crippen LogP contribution in [0.3, 0.4) is 0 Å². The van der Waals surface area contributed by atoms with Crippen molar-refractivity contribution < 1.29 is 4.74 Å². The minimum absolute atomic E-state index is 0.765. The summed E-state index contributed by atoms with van der Waals surface area (Å²) >= 11 is 3.49. The van der Waals surface area contributed by atoms with E-state index in [2.05, 4.69) is 26.2 Å². The van der Waals surface area contributed by atoms with Gasteiger partial charge in [-0.15, -0.1) is 0 Å². The number of nitrogens with zero attached hydrogens (tertiary/aromatic N) is 2. The summed E-state index contributed by atoms with van der Waals surface area (Å²) in [7, 11) is 5.59. The van der Waals surface area contributed by atoms with Crippen LogP contribution < -0.4 is 10.1 Å². The fourth-order valence-electron chi connectivity index (χ4n) is 1.92. The van der Waals surface area contributed by atoms with Gasteiger partial charge in [-0.05, 0) is 25.2 Å². The lowest BCUT2D eigenvalue weighted by molar-refractivity contribution is 0.416. The molecular weight excluding hydrogens is 294 g/mol. The molecular formula is C13H16BrN3O. The quantitative estimate of drug-likeness (QED) is 0.943. The van der Waals surface area contributed by atoms with Crippen molar-refractivity contribution in [1.29, 1.82) is 0 Å². The Hall–Kier alpha value is -1.33. The second-order valence-electron chi connectivity index (χ2n) is 4.03. The Bertz CT molecular complexity index is 551. The summed E-state index contributed by atoms with van der Waals surface area (Å²) in [5.41, 5.74) is 3.08. The smallest absolute Gasteiger partial charge is 0.128 e. The van der Waals surface area contributed by atoms with E-state index in [1.165, 1.54) is 0 Å². The molecule has 0 amide bonds. The van der Waals surface area contributed by atoms with Gasteiger partial charge in [-0.2, -0.15) is 0 Å². The Balaban J connectivity index is 2.57. The maximum atomic E-state index is 5.41. The Morgan fingerprint density at radius 3 is 2.89 bits per heavy atom. The molecule has 0 saturated carbocycles. The first-order chi connectivity index (χ1) is 8.67. The zero-order valence-corrected chi connectivity index (χ0v) is 12.3. The zero-order chi connectivity index (χ0) is 13.1. The summed E-state index contributed by atoms with van der Waals surface area (Å²) in [5, 5.41) is 3.16. The van der Waals surface area contributed by atoms with Crippen LogP contribution in [0.4, 0.5) is 0 Å². The summed E-state index contributed by atoms with van der Waals surface area (Å²) in [6.07, 6.45) is 1.82. The predicted octanol–water partition coefficient (Wildman–Crippen LogP) is 2.58. The third-order valence-electron chi connectivity index (χ3n) is 2.82. The summed E-state index contributed by atoms with van der Waals surface area (Å²) in [4.78, 5) is 4.48. The molecule has 0 bridgehead atoms. The normalized spacial score (nSPS) is 10.7. The SMILES string of the molecule is CNCc1c(-c2cc(Br)ccc2OC)ncn1C. The van der Waals surface area contributed by atoms with Gasteiger partial charge in [0, 0.05) is 23.6 Å². The molecule has 0 unspecified atom stereocenters. The number of hydrogen-bond acceptors (Lipinski definition) is 3. The first-order valence-corrected chi connectivity index (χ1v) is 6.45. The Labute approximate surface area is 115 Å². The zero-order valence-electron chi connectivity index (χ0n) is 10.7. The number of hydrogen-bond donors (Lipinski definition) is 1. The average Bonchev–Trinajstić information content (AvgIpc) is 2.72. The Morgan fingerprint density at radius 1 is 1.44 bits per heavy atom.